The first-order valence-corrected chi connectivity index (χ1v) is 7.31. The molecule has 4 heteroatoms. The van der Waals surface area contributed by atoms with E-state index in [0.717, 1.165) is 42.8 Å². The van der Waals surface area contributed by atoms with Crippen LogP contribution in [0.25, 0.3) is 11.1 Å². The van der Waals surface area contributed by atoms with Gasteiger partial charge in [-0.2, -0.15) is 0 Å². The summed E-state index contributed by atoms with van der Waals surface area (Å²) in [5.74, 6) is 1.89. The number of hydrogen-bond donors (Lipinski definition) is 1. The largest absolute Gasteiger partial charge is 0.440 e. The van der Waals surface area contributed by atoms with Crippen LogP contribution >= 0.6 is 0 Å². The predicted molar refractivity (Wildman–Crippen MR) is 77.5 cm³/mol. The third-order valence-corrected chi connectivity index (χ3v) is 3.89. The lowest BCUT2D eigenvalue weighted by Gasteiger charge is -2.02. The summed E-state index contributed by atoms with van der Waals surface area (Å²) < 4.78 is 5.92. The van der Waals surface area contributed by atoms with Crippen LogP contribution in [0.4, 0.5) is 0 Å². The van der Waals surface area contributed by atoms with E-state index in [4.69, 9.17) is 4.42 Å². The second-order valence-electron chi connectivity index (χ2n) is 5.59. The lowest BCUT2D eigenvalue weighted by Crippen LogP contribution is -2.22. The Kier molecular flexibility index (Phi) is 3.47. The summed E-state index contributed by atoms with van der Waals surface area (Å²) in [5, 5.41) is 2.90. The highest BCUT2D eigenvalue weighted by molar-refractivity contribution is 5.77. The van der Waals surface area contributed by atoms with E-state index in [2.05, 4.69) is 23.3 Å². The molecule has 106 valence electrons. The number of carbonyl (C=O) groups is 1. The Hall–Kier alpha value is -1.84. The van der Waals surface area contributed by atoms with Crippen molar-refractivity contribution >= 4 is 17.0 Å². The fourth-order valence-corrected chi connectivity index (χ4v) is 2.76. The Labute approximate surface area is 118 Å². The van der Waals surface area contributed by atoms with E-state index in [1.54, 1.807) is 6.92 Å². The van der Waals surface area contributed by atoms with E-state index in [1.807, 2.05) is 12.1 Å². The van der Waals surface area contributed by atoms with Gasteiger partial charge in [0.15, 0.2) is 11.5 Å². The molecule has 1 fully saturated rings. The van der Waals surface area contributed by atoms with E-state index in [-0.39, 0.29) is 5.91 Å². The standard InChI is InChI=1S/C16H20N2O2/c1-3-5-15-18-14-7-4-6-12(16(14)20-15)13-8-11(13)9-17-10(2)19/h4,6-7,11,13H,3,5,8-9H2,1-2H3,(H,17,19)/t11-,13+/m0/s1. The SMILES string of the molecule is CCCc1nc2cccc([C@@H]3C[C@H]3CNC(C)=O)c2o1. The van der Waals surface area contributed by atoms with Crippen molar-refractivity contribution in [1.82, 2.24) is 10.3 Å². The maximum absolute atomic E-state index is 11.0. The van der Waals surface area contributed by atoms with E-state index in [9.17, 15) is 4.79 Å². The number of rotatable bonds is 5. The highest BCUT2D eigenvalue weighted by Gasteiger charge is 2.39. The minimum Gasteiger partial charge on any atom is -0.440 e. The van der Waals surface area contributed by atoms with Crippen molar-refractivity contribution in [1.29, 1.82) is 0 Å². The number of amides is 1. The van der Waals surface area contributed by atoms with Gasteiger partial charge in [-0.1, -0.05) is 19.1 Å². The average Bonchev–Trinajstić information content (AvgIpc) is 3.07. The van der Waals surface area contributed by atoms with Crippen LogP contribution in [0, 0.1) is 5.92 Å². The van der Waals surface area contributed by atoms with Crippen molar-refractivity contribution in [2.75, 3.05) is 6.54 Å². The molecular formula is C16H20N2O2. The molecule has 1 aliphatic carbocycles. The molecule has 1 amide bonds. The molecule has 1 aromatic carbocycles. The van der Waals surface area contributed by atoms with Gasteiger partial charge in [-0.05, 0) is 30.7 Å². The monoisotopic (exact) mass is 272 g/mol. The maximum Gasteiger partial charge on any atom is 0.216 e. The number of hydrogen-bond acceptors (Lipinski definition) is 3. The average molecular weight is 272 g/mol. The van der Waals surface area contributed by atoms with E-state index >= 15 is 0 Å². The molecule has 0 saturated heterocycles. The fraction of sp³-hybridized carbons (Fsp3) is 0.500. The molecule has 1 aliphatic rings. The van der Waals surface area contributed by atoms with E-state index in [1.165, 1.54) is 5.56 Å². The molecule has 1 aromatic heterocycles. The Morgan fingerprint density at radius 1 is 1.50 bits per heavy atom. The summed E-state index contributed by atoms with van der Waals surface area (Å²) in [5.41, 5.74) is 3.13. The van der Waals surface area contributed by atoms with Crippen molar-refractivity contribution < 1.29 is 9.21 Å². The van der Waals surface area contributed by atoms with Crippen LogP contribution in [0.1, 0.15) is 44.1 Å². The molecule has 1 heterocycles. The van der Waals surface area contributed by atoms with Gasteiger partial charge in [0.05, 0.1) is 0 Å². The van der Waals surface area contributed by atoms with Gasteiger partial charge in [-0.3, -0.25) is 4.79 Å². The van der Waals surface area contributed by atoms with E-state index < -0.39 is 0 Å². The summed E-state index contributed by atoms with van der Waals surface area (Å²) in [7, 11) is 0. The summed E-state index contributed by atoms with van der Waals surface area (Å²) in [4.78, 5) is 15.5. The van der Waals surface area contributed by atoms with Gasteiger partial charge in [-0.15, -0.1) is 0 Å². The lowest BCUT2D eigenvalue weighted by molar-refractivity contribution is -0.119. The normalized spacial score (nSPS) is 21.1. The second kappa shape index (κ2) is 5.27. The highest BCUT2D eigenvalue weighted by Crippen LogP contribution is 2.49. The molecule has 0 radical (unpaired) electrons. The van der Waals surface area contributed by atoms with Gasteiger partial charge in [0.25, 0.3) is 0 Å². The number of carbonyl (C=O) groups excluding carboxylic acids is 1. The molecule has 2 aromatic rings. The first kappa shape index (κ1) is 13.2. The number of benzene rings is 1. The van der Waals surface area contributed by atoms with Crippen molar-refractivity contribution in [3.05, 3.63) is 29.7 Å². The van der Waals surface area contributed by atoms with Crippen LogP contribution < -0.4 is 5.32 Å². The fourth-order valence-electron chi connectivity index (χ4n) is 2.76. The summed E-state index contributed by atoms with van der Waals surface area (Å²) in [6.07, 6.45) is 3.04. The first-order valence-electron chi connectivity index (χ1n) is 7.31. The zero-order valence-corrected chi connectivity index (χ0v) is 12.0. The van der Waals surface area contributed by atoms with Crippen LogP contribution in [-0.4, -0.2) is 17.4 Å². The van der Waals surface area contributed by atoms with E-state index in [0.29, 0.717) is 11.8 Å². The van der Waals surface area contributed by atoms with Gasteiger partial charge in [0.1, 0.15) is 5.52 Å². The molecule has 20 heavy (non-hydrogen) atoms. The number of fused-ring (bicyclic) bond motifs is 1. The molecule has 3 rings (SSSR count). The molecule has 2 atom stereocenters. The molecular weight excluding hydrogens is 252 g/mol. The molecule has 0 unspecified atom stereocenters. The number of nitrogens with one attached hydrogen (secondary N) is 1. The topological polar surface area (TPSA) is 55.1 Å². The minimum atomic E-state index is 0.0405. The number of nitrogens with zero attached hydrogens (tertiary/aromatic N) is 1. The Bertz CT molecular complexity index is 632. The number of oxazole rings is 1. The quantitative estimate of drug-likeness (QED) is 0.910. The van der Waals surface area contributed by atoms with Crippen LogP contribution in [0.3, 0.4) is 0 Å². The molecule has 0 spiro atoms. The van der Waals surface area contributed by atoms with Gasteiger partial charge >= 0.3 is 0 Å². The molecule has 1 saturated carbocycles. The third kappa shape index (κ3) is 2.55. The van der Waals surface area contributed by atoms with Crippen LogP contribution in [0.5, 0.6) is 0 Å². The lowest BCUT2D eigenvalue weighted by atomic mass is 10.1. The Morgan fingerprint density at radius 3 is 3.10 bits per heavy atom. The van der Waals surface area contributed by atoms with Crippen molar-refractivity contribution in [2.45, 2.75) is 39.0 Å². The molecule has 4 nitrogen and oxygen atoms in total. The minimum absolute atomic E-state index is 0.0405. The highest BCUT2D eigenvalue weighted by atomic mass is 16.3. The maximum atomic E-state index is 11.0. The van der Waals surface area contributed by atoms with Crippen molar-refractivity contribution in [3.8, 4) is 0 Å². The summed E-state index contributed by atoms with van der Waals surface area (Å²) >= 11 is 0. The van der Waals surface area contributed by atoms with Crippen molar-refractivity contribution in [2.24, 2.45) is 5.92 Å². The van der Waals surface area contributed by atoms with Crippen molar-refractivity contribution in [3.63, 3.8) is 0 Å². The zero-order valence-electron chi connectivity index (χ0n) is 12.0. The van der Waals surface area contributed by atoms with Crippen LogP contribution in [0.15, 0.2) is 22.6 Å². The Morgan fingerprint density at radius 2 is 2.35 bits per heavy atom. The zero-order chi connectivity index (χ0) is 14.1. The summed E-state index contributed by atoms with van der Waals surface area (Å²) in [6, 6.07) is 6.18. The molecule has 0 aliphatic heterocycles. The molecule has 1 N–H and O–H groups in total. The second-order valence-corrected chi connectivity index (χ2v) is 5.59. The first-order chi connectivity index (χ1) is 9.69. The number of aryl methyl sites for hydroxylation is 1. The predicted octanol–water partition coefficient (Wildman–Crippen LogP) is 3.02. The molecule has 0 bridgehead atoms. The van der Waals surface area contributed by atoms with Crippen LogP contribution in [0.2, 0.25) is 0 Å². The van der Waals surface area contributed by atoms with Crippen LogP contribution in [-0.2, 0) is 11.2 Å². The number of aromatic nitrogens is 1. The van der Waals surface area contributed by atoms with Gasteiger partial charge in [0.2, 0.25) is 5.91 Å². The number of para-hydroxylation sites is 1. The van der Waals surface area contributed by atoms with Gasteiger partial charge < -0.3 is 9.73 Å². The third-order valence-electron chi connectivity index (χ3n) is 3.89. The summed E-state index contributed by atoms with van der Waals surface area (Å²) in [6.45, 7) is 4.44. The smallest absolute Gasteiger partial charge is 0.216 e. The van der Waals surface area contributed by atoms with Gasteiger partial charge in [0, 0.05) is 25.5 Å². The van der Waals surface area contributed by atoms with Gasteiger partial charge in [-0.25, -0.2) is 4.98 Å². The Balaban J connectivity index is 1.80.